The quantitative estimate of drug-likeness (QED) is 0.739. The Bertz CT molecular complexity index is 330. The monoisotopic (exact) mass is 262 g/mol. The Balaban J connectivity index is 2.63. The Labute approximate surface area is 91.4 Å². The predicted octanol–water partition coefficient (Wildman–Crippen LogP) is -0.160. The zero-order valence-corrected chi connectivity index (χ0v) is 9.18. The highest BCUT2D eigenvalue weighted by Crippen LogP contribution is 2.20. The summed E-state index contributed by atoms with van der Waals surface area (Å²) in [5.41, 5.74) is 0. The Hall–Kier alpha value is -0.380. The summed E-state index contributed by atoms with van der Waals surface area (Å²) in [5.74, 6) is 0. The Morgan fingerprint density at radius 1 is 1.44 bits per heavy atom. The lowest BCUT2D eigenvalue weighted by Crippen LogP contribution is -2.47. The molecular weight excluding hydrogens is 249 g/mol. The summed E-state index contributed by atoms with van der Waals surface area (Å²) in [6.45, 7) is -1.84. The van der Waals surface area contributed by atoms with Crippen LogP contribution in [-0.4, -0.2) is 49.7 Å². The zero-order chi connectivity index (χ0) is 12.4. The molecule has 0 radical (unpaired) electrons. The standard InChI is InChI=1S/C7H13F3N2O3S/c8-7(9,10)5-11-16(14,15)12-3-1-2-6(12)4-13/h6,11,13H,1-5H2. The second-order valence-corrected chi connectivity index (χ2v) is 5.24. The number of rotatable bonds is 4. The van der Waals surface area contributed by atoms with E-state index in [1.807, 2.05) is 0 Å². The summed E-state index contributed by atoms with van der Waals surface area (Å²) >= 11 is 0. The predicted molar refractivity (Wildman–Crippen MR) is 49.8 cm³/mol. The summed E-state index contributed by atoms with van der Waals surface area (Å²) in [4.78, 5) is 0. The van der Waals surface area contributed by atoms with Crippen molar-refractivity contribution in [1.29, 1.82) is 0 Å². The van der Waals surface area contributed by atoms with E-state index in [1.54, 1.807) is 0 Å². The van der Waals surface area contributed by atoms with Gasteiger partial charge in [0.05, 0.1) is 6.61 Å². The number of nitrogens with zero attached hydrogens (tertiary/aromatic N) is 1. The molecule has 16 heavy (non-hydrogen) atoms. The van der Waals surface area contributed by atoms with Gasteiger partial charge in [0.15, 0.2) is 0 Å². The van der Waals surface area contributed by atoms with Crippen molar-refractivity contribution >= 4 is 10.2 Å². The fourth-order valence-corrected chi connectivity index (χ4v) is 3.01. The SMILES string of the molecule is O=S(=O)(NCC(F)(F)F)N1CCCC1CO. The number of aliphatic hydroxyl groups excluding tert-OH is 1. The van der Waals surface area contributed by atoms with Crippen LogP contribution in [0.2, 0.25) is 0 Å². The van der Waals surface area contributed by atoms with Crippen LogP contribution in [0.1, 0.15) is 12.8 Å². The molecule has 96 valence electrons. The third-order valence-electron chi connectivity index (χ3n) is 2.30. The molecule has 1 aliphatic rings. The van der Waals surface area contributed by atoms with E-state index >= 15 is 0 Å². The first-order valence-electron chi connectivity index (χ1n) is 4.70. The van der Waals surface area contributed by atoms with Gasteiger partial charge < -0.3 is 5.11 Å². The first kappa shape index (κ1) is 13.7. The topological polar surface area (TPSA) is 69.6 Å². The normalized spacial score (nSPS) is 23.9. The van der Waals surface area contributed by atoms with Gasteiger partial charge in [-0.3, -0.25) is 0 Å². The van der Waals surface area contributed by atoms with Crippen molar-refractivity contribution in [2.45, 2.75) is 25.1 Å². The lowest BCUT2D eigenvalue weighted by Gasteiger charge is -2.22. The fraction of sp³-hybridized carbons (Fsp3) is 1.00. The molecule has 1 atom stereocenters. The van der Waals surface area contributed by atoms with E-state index in [1.165, 1.54) is 4.72 Å². The molecular formula is C7H13F3N2O3S. The number of alkyl halides is 3. The summed E-state index contributed by atoms with van der Waals surface area (Å²) in [6, 6.07) is -0.620. The van der Waals surface area contributed by atoms with Crippen molar-refractivity contribution in [1.82, 2.24) is 9.03 Å². The van der Waals surface area contributed by atoms with Crippen molar-refractivity contribution in [3.8, 4) is 0 Å². The molecule has 9 heteroatoms. The van der Waals surface area contributed by atoms with Gasteiger partial charge in [0.2, 0.25) is 0 Å². The van der Waals surface area contributed by atoms with E-state index in [4.69, 9.17) is 5.11 Å². The molecule has 1 heterocycles. The third-order valence-corrected chi connectivity index (χ3v) is 3.90. The van der Waals surface area contributed by atoms with Crippen molar-refractivity contribution < 1.29 is 26.7 Å². The van der Waals surface area contributed by atoms with Gasteiger partial charge in [0.1, 0.15) is 6.54 Å². The van der Waals surface area contributed by atoms with Crippen LogP contribution < -0.4 is 4.72 Å². The molecule has 1 aliphatic heterocycles. The van der Waals surface area contributed by atoms with E-state index in [-0.39, 0.29) is 13.2 Å². The lowest BCUT2D eigenvalue weighted by molar-refractivity contribution is -0.121. The van der Waals surface area contributed by atoms with E-state index in [9.17, 15) is 21.6 Å². The maximum absolute atomic E-state index is 11.9. The number of hydrogen-bond donors (Lipinski definition) is 2. The average molecular weight is 262 g/mol. The van der Waals surface area contributed by atoms with Crippen molar-refractivity contribution in [2.24, 2.45) is 0 Å². The average Bonchev–Trinajstić information content (AvgIpc) is 2.62. The van der Waals surface area contributed by atoms with Crippen LogP contribution >= 0.6 is 0 Å². The van der Waals surface area contributed by atoms with Crippen molar-refractivity contribution in [2.75, 3.05) is 19.7 Å². The summed E-state index contributed by atoms with van der Waals surface area (Å²) in [7, 11) is -4.15. The number of hydrogen-bond acceptors (Lipinski definition) is 3. The maximum Gasteiger partial charge on any atom is 0.402 e. The Morgan fingerprint density at radius 3 is 2.56 bits per heavy atom. The van der Waals surface area contributed by atoms with Crippen molar-refractivity contribution in [3.63, 3.8) is 0 Å². The first-order chi connectivity index (χ1) is 7.26. The molecule has 1 unspecified atom stereocenters. The van der Waals surface area contributed by atoms with Gasteiger partial charge in [0, 0.05) is 12.6 Å². The summed E-state index contributed by atoms with van der Waals surface area (Å²) < 4.78 is 60.8. The number of halogens is 3. The second-order valence-electron chi connectivity index (χ2n) is 3.53. The number of nitrogens with one attached hydrogen (secondary N) is 1. The highest BCUT2D eigenvalue weighted by atomic mass is 32.2. The van der Waals surface area contributed by atoms with Crippen LogP contribution in [0.15, 0.2) is 0 Å². The van der Waals surface area contributed by atoms with Crippen LogP contribution in [0.4, 0.5) is 13.2 Å². The Kier molecular flexibility index (Phi) is 4.16. The molecule has 0 bridgehead atoms. The van der Waals surface area contributed by atoms with Crippen LogP contribution in [0, 0.1) is 0 Å². The molecule has 1 rings (SSSR count). The number of aliphatic hydroxyl groups is 1. The van der Waals surface area contributed by atoms with Gasteiger partial charge >= 0.3 is 6.18 Å². The van der Waals surface area contributed by atoms with E-state index in [0.29, 0.717) is 12.8 Å². The molecule has 0 spiro atoms. The minimum atomic E-state index is -4.58. The molecule has 2 N–H and O–H groups in total. The van der Waals surface area contributed by atoms with Crippen LogP contribution in [0.5, 0.6) is 0 Å². The highest BCUT2D eigenvalue weighted by molar-refractivity contribution is 7.87. The van der Waals surface area contributed by atoms with Gasteiger partial charge in [-0.05, 0) is 12.8 Å². The molecule has 0 amide bonds. The van der Waals surface area contributed by atoms with E-state index in [2.05, 4.69) is 0 Å². The van der Waals surface area contributed by atoms with Crippen LogP contribution in [0.3, 0.4) is 0 Å². The van der Waals surface area contributed by atoms with E-state index in [0.717, 1.165) is 4.31 Å². The second kappa shape index (κ2) is 4.86. The molecule has 5 nitrogen and oxygen atoms in total. The smallest absolute Gasteiger partial charge is 0.395 e. The molecule has 1 fully saturated rings. The van der Waals surface area contributed by atoms with Crippen LogP contribution in [0.25, 0.3) is 0 Å². The third kappa shape index (κ3) is 3.58. The minimum absolute atomic E-state index is 0.137. The summed E-state index contributed by atoms with van der Waals surface area (Å²) in [6.07, 6.45) is -3.58. The van der Waals surface area contributed by atoms with Crippen molar-refractivity contribution in [3.05, 3.63) is 0 Å². The molecule has 0 aliphatic carbocycles. The first-order valence-corrected chi connectivity index (χ1v) is 6.14. The van der Waals surface area contributed by atoms with Gasteiger partial charge in [-0.2, -0.15) is 30.6 Å². The van der Waals surface area contributed by atoms with Gasteiger partial charge in [0.25, 0.3) is 10.2 Å². The molecule has 0 aromatic rings. The lowest BCUT2D eigenvalue weighted by atomic mass is 10.2. The zero-order valence-electron chi connectivity index (χ0n) is 8.37. The summed E-state index contributed by atoms with van der Waals surface area (Å²) in [5, 5.41) is 8.87. The largest absolute Gasteiger partial charge is 0.402 e. The van der Waals surface area contributed by atoms with E-state index < -0.39 is 29.0 Å². The molecule has 0 saturated carbocycles. The van der Waals surface area contributed by atoms with Gasteiger partial charge in [-0.1, -0.05) is 0 Å². The minimum Gasteiger partial charge on any atom is -0.395 e. The molecule has 1 saturated heterocycles. The highest BCUT2D eigenvalue weighted by Gasteiger charge is 2.36. The maximum atomic E-state index is 11.9. The Morgan fingerprint density at radius 2 is 2.06 bits per heavy atom. The van der Waals surface area contributed by atoms with Gasteiger partial charge in [-0.15, -0.1) is 0 Å². The van der Waals surface area contributed by atoms with Gasteiger partial charge in [-0.25, -0.2) is 0 Å². The molecule has 0 aromatic heterocycles. The molecule has 0 aromatic carbocycles. The fourth-order valence-electron chi connectivity index (χ4n) is 1.56. The van der Waals surface area contributed by atoms with Crippen LogP contribution in [-0.2, 0) is 10.2 Å².